The molecule has 0 spiro atoms. The van der Waals surface area contributed by atoms with Gasteiger partial charge in [-0.05, 0) is 77.6 Å². The molecule has 2 aromatic heterocycles. The van der Waals surface area contributed by atoms with Crippen molar-refractivity contribution >= 4 is 50.2 Å². The van der Waals surface area contributed by atoms with Gasteiger partial charge in [0.05, 0.1) is 22.3 Å². The third kappa shape index (κ3) is 4.33. The molecule has 0 aliphatic heterocycles. The van der Waals surface area contributed by atoms with Crippen molar-refractivity contribution in [1.82, 2.24) is 9.55 Å². The monoisotopic (exact) mass is 553 g/mol. The van der Waals surface area contributed by atoms with Crippen LogP contribution < -0.4 is 0 Å². The van der Waals surface area contributed by atoms with Gasteiger partial charge in [-0.25, -0.2) is 0 Å². The smallest absolute Gasteiger partial charge is 0.0612 e. The summed E-state index contributed by atoms with van der Waals surface area (Å²) in [4.78, 5) is 3.56. The number of aromatic nitrogens is 2. The second kappa shape index (κ2) is 10.1. The van der Waals surface area contributed by atoms with Crippen LogP contribution in [0.4, 0.5) is 0 Å². The van der Waals surface area contributed by atoms with Crippen molar-refractivity contribution in [1.29, 1.82) is 5.41 Å². The van der Waals surface area contributed by atoms with Crippen molar-refractivity contribution in [3.8, 4) is 22.3 Å². The summed E-state index contributed by atoms with van der Waals surface area (Å²) in [6, 6.07) is 30.8. The van der Waals surface area contributed by atoms with E-state index in [0.29, 0.717) is 11.6 Å². The molecule has 0 bridgehead atoms. The molecule has 0 radical (unpaired) electrons. The van der Waals surface area contributed by atoms with E-state index in [9.17, 15) is 0 Å². The highest BCUT2D eigenvalue weighted by molar-refractivity contribution is 6.14. The molecular formula is C40H31N3. The van der Waals surface area contributed by atoms with E-state index < -0.39 is 0 Å². The summed E-state index contributed by atoms with van der Waals surface area (Å²) in [6.45, 7) is 2.28. The van der Waals surface area contributed by atoms with Gasteiger partial charge in [-0.15, -0.1) is 0 Å². The molecule has 6 aromatic rings. The summed E-state index contributed by atoms with van der Waals surface area (Å²) in [7, 11) is 0. The summed E-state index contributed by atoms with van der Waals surface area (Å²) >= 11 is 0. The van der Waals surface area contributed by atoms with Gasteiger partial charge in [-0.1, -0.05) is 91.9 Å². The highest BCUT2D eigenvalue weighted by Crippen LogP contribution is 2.39. The second-order valence-electron chi connectivity index (χ2n) is 11.6. The first-order chi connectivity index (χ1) is 21.1. The Morgan fingerprint density at radius 2 is 1.56 bits per heavy atom. The van der Waals surface area contributed by atoms with E-state index >= 15 is 0 Å². The summed E-state index contributed by atoms with van der Waals surface area (Å²) < 4.78 is 2.41. The lowest BCUT2D eigenvalue weighted by Crippen LogP contribution is -2.01. The number of hydrogen-bond donors (Lipinski definition) is 2. The van der Waals surface area contributed by atoms with Gasteiger partial charge in [-0.2, -0.15) is 0 Å². The van der Waals surface area contributed by atoms with Gasteiger partial charge < -0.3 is 15.0 Å². The van der Waals surface area contributed by atoms with Gasteiger partial charge in [0, 0.05) is 44.8 Å². The van der Waals surface area contributed by atoms with Gasteiger partial charge in [0.25, 0.3) is 0 Å². The van der Waals surface area contributed by atoms with Crippen LogP contribution >= 0.6 is 0 Å². The number of nitrogens with one attached hydrogen (secondary N) is 2. The lowest BCUT2D eigenvalue weighted by Gasteiger charge is -2.16. The maximum Gasteiger partial charge on any atom is 0.0612 e. The third-order valence-electron chi connectivity index (χ3n) is 8.69. The molecule has 0 saturated heterocycles. The number of H-pyrrole nitrogens is 1. The molecule has 8 rings (SSSR count). The zero-order valence-electron chi connectivity index (χ0n) is 24.0. The first kappa shape index (κ1) is 25.3. The van der Waals surface area contributed by atoms with Crippen LogP contribution in [0.1, 0.15) is 18.9 Å². The van der Waals surface area contributed by atoms with Crippen LogP contribution in [0, 0.1) is 11.3 Å². The van der Waals surface area contributed by atoms with Crippen molar-refractivity contribution in [3.63, 3.8) is 0 Å². The van der Waals surface area contributed by atoms with E-state index in [4.69, 9.17) is 5.41 Å². The maximum absolute atomic E-state index is 8.41. The SMILES string of the molecule is CC1C=C(n2c3ccccc3c3cc(-c4cc(-c5ccccc5)c5[nH]cc(/C=C6/C=CC=CC6=N)c5c4)ccc32)C=CC1. The first-order valence-electron chi connectivity index (χ1n) is 14.9. The number of aromatic amines is 1. The van der Waals surface area contributed by atoms with Crippen LogP contribution in [-0.4, -0.2) is 15.3 Å². The lowest BCUT2D eigenvalue weighted by atomic mass is 9.94. The normalized spacial score (nSPS) is 17.5. The summed E-state index contributed by atoms with van der Waals surface area (Å²) in [5.74, 6) is 0.521. The topological polar surface area (TPSA) is 44.6 Å². The average molecular weight is 554 g/mol. The minimum absolute atomic E-state index is 0.521. The standard InChI is InChI=1S/C40H31N3/c1-26-10-9-14-32(20-26)43-38-17-8-6-15-33(38)36-22-28(18-19-39(36)43)30-23-34(27-11-3-2-4-12-27)40-35(24-30)31(25-42-40)21-29-13-5-7-16-37(29)41/h2-9,11-26,41-42H,10H2,1H3/b29-21-,41-37?. The van der Waals surface area contributed by atoms with Crippen molar-refractivity contribution in [2.24, 2.45) is 5.92 Å². The molecule has 2 aliphatic rings. The number of rotatable bonds is 4. The summed E-state index contributed by atoms with van der Waals surface area (Å²) in [5.41, 5.74) is 12.0. The average Bonchev–Trinajstić information content (AvgIpc) is 3.60. The largest absolute Gasteiger partial charge is 0.360 e. The van der Waals surface area contributed by atoms with Crippen molar-refractivity contribution in [3.05, 3.63) is 145 Å². The molecular weight excluding hydrogens is 522 g/mol. The predicted molar refractivity (Wildman–Crippen MR) is 183 cm³/mol. The minimum atomic E-state index is 0.521. The number of nitrogens with zero attached hydrogens (tertiary/aromatic N) is 1. The number of benzene rings is 4. The first-order valence-corrected chi connectivity index (χ1v) is 14.9. The van der Waals surface area contributed by atoms with Gasteiger partial charge >= 0.3 is 0 Å². The molecule has 0 saturated carbocycles. The highest BCUT2D eigenvalue weighted by atomic mass is 15.0. The van der Waals surface area contributed by atoms with E-state index in [-0.39, 0.29) is 0 Å². The molecule has 3 heteroatoms. The number of fused-ring (bicyclic) bond motifs is 4. The predicted octanol–water partition coefficient (Wildman–Crippen LogP) is 10.6. The van der Waals surface area contributed by atoms with E-state index in [1.807, 2.05) is 24.3 Å². The molecule has 3 nitrogen and oxygen atoms in total. The van der Waals surface area contributed by atoms with Gasteiger partial charge in [-0.3, -0.25) is 0 Å². The van der Waals surface area contributed by atoms with Gasteiger partial charge in [0.1, 0.15) is 0 Å². The zero-order valence-corrected chi connectivity index (χ0v) is 24.0. The quantitative estimate of drug-likeness (QED) is 0.218. The van der Waals surface area contributed by atoms with Crippen molar-refractivity contribution in [2.75, 3.05) is 0 Å². The lowest BCUT2D eigenvalue weighted by molar-refractivity contribution is 0.735. The van der Waals surface area contributed by atoms with Crippen LogP contribution in [0.3, 0.4) is 0 Å². The molecule has 43 heavy (non-hydrogen) atoms. The Hall–Kier alpha value is -5.41. The Morgan fingerprint density at radius 1 is 0.767 bits per heavy atom. The molecule has 1 unspecified atom stereocenters. The Morgan fingerprint density at radius 3 is 2.42 bits per heavy atom. The van der Waals surface area contributed by atoms with E-state index in [0.717, 1.165) is 28.5 Å². The van der Waals surface area contributed by atoms with Crippen LogP contribution in [-0.2, 0) is 0 Å². The number of para-hydroxylation sites is 1. The second-order valence-corrected chi connectivity index (χ2v) is 11.6. The summed E-state index contributed by atoms with van der Waals surface area (Å²) in [6.07, 6.45) is 20.0. The highest BCUT2D eigenvalue weighted by Gasteiger charge is 2.17. The Labute approximate surface area is 251 Å². The van der Waals surface area contributed by atoms with Crippen molar-refractivity contribution in [2.45, 2.75) is 13.3 Å². The fraction of sp³-hybridized carbons (Fsp3) is 0.0750. The fourth-order valence-electron chi connectivity index (χ4n) is 6.57. The molecule has 2 aliphatic carbocycles. The van der Waals surface area contributed by atoms with E-state index in [2.05, 4.69) is 132 Å². The van der Waals surface area contributed by atoms with Gasteiger partial charge in [0.2, 0.25) is 0 Å². The summed E-state index contributed by atoms with van der Waals surface area (Å²) in [5, 5.41) is 12.1. The van der Waals surface area contributed by atoms with Gasteiger partial charge in [0.15, 0.2) is 0 Å². The van der Waals surface area contributed by atoms with E-state index in [1.165, 1.54) is 49.8 Å². The molecule has 1 atom stereocenters. The maximum atomic E-state index is 8.41. The van der Waals surface area contributed by atoms with Crippen molar-refractivity contribution < 1.29 is 0 Å². The molecule has 0 amide bonds. The van der Waals surface area contributed by atoms with Crippen LogP contribution in [0.25, 0.3) is 66.7 Å². The Bertz CT molecular complexity index is 2230. The Balaban J connectivity index is 1.35. The number of allylic oxidation sites excluding steroid dienone is 9. The molecule has 0 fully saturated rings. The minimum Gasteiger partial charge on any atom is -0.360 e. The molecule has 4 aromatic carbocycles. The number of hydrogen-bond acceptors (Lipinski definition) is 1. The zero-order chi connectivity index (χ0) is 28.9. The molecule has 2 heterocycles. The van der Waals surface area contributed by atoms with Crippen LogP contribution in [0.15, 0.2) is 139 Å². The molecule has 206 valence electrons. The molecule has 2 N–H and O–H groups in total. The third-order valence-corrected chi connectivity index (χ3v) is 8.69. The van der Waals surface area contributed by atoms with E-state index in [1.54, 1.807) is 0 Å². The Kier molecular flexibility index (Phi) is 5.97. The van der Waals surface area contributed by atoms with Crippen LogP contribution in [0.2, 0.25) is 0 Å². The van der Waals surface area contributed by atoms with Crippen LogP contribution in [0.5, 0.6) is 0 Å². The fourth-order valence-corrected chi connectivity index (χ4v) is 6.57.